The number of furan rings is 1. The molecule has 6 heteroatoms. The Hall–Kier alpha value is -2.37. The van der Waals surface area contributed by atoms with Gasteiger partial charge in [-0.3, -0.25) is 15.1 Å². The summed E-state index contributed by atoms with van der Waals surface area (Å²) in [6, 6.07) is 2.21. The third-order valence-electron chi connectivity index (χ3n) is 2.69. The average Bonchev–Trinajstić information content (AvgIpc) is 2.82. The molecule has 2 N–H and O–H groups in total. The average molecular weight is 231 g/mol. The van der Waals surface area contributed by atoms with Crippen LogP contribution in [0.4, 0.5) is 4.79 Å². The van der Waals surface area contributed by atoms with Crippen molar-refractivity contribution in [1.29, 1.82) is 0 Å². The topological polar surface area (TPSA) is 84.2 Å². The number of fused-ring (bicyclic) bond motifs is 1. The van der Waals surface area contributed by atoms with Gasteiger partial charge < -0.3 is 9.73 Å². The number of amides is 3. The molecule has 2 aromatic heterocycles. The van der Waals surface area contributed by atoms with E-state index in [0.29, 0.717) is 16.9 Å². The molecule has 0 radical (unpaired) electrons. The van der Waals surface area contributed by atoms with Crippen LogP contribution >= 0.6 is 0 Å². The van der Waals surface area contributed by atoms with E-state index < -0.39 is 18.0 Å². The summed E-state index contributed by atoms with van der Waals surface area (Å²) < 4.78 is 5.56. The van der Waals surface area contributed by atoms with E-state index in [4.69, 9.17) is 4.42 Å². The predicted octanol–water partition coefficient (Wildman–Crippen LogP) is 1.02. The minimum absolute atomic E-state index is 0.394. The van der Waals surface area contributed by atoms with Gasteiger partial charge in [0.15, 0.2) is 11.6 Å². The number of carbonyl (C=O) groups excluding carboxylic acids is 2. The van der Waals surface area contributed by atoms with E-state index in [1.54, 1.807) is 12.3 Å². The molecule has 1 atom stereocenters. The van der Waals surface area contributed by atoms with Crippen LogP contribution < -0.4 is 10.6 Å². The number of hydrogen-bond acceptors (Lipinski definition) is 4. The van der Waals surface area contributed by atoms with E-state index in [-0.39, 0.29) is 0 Å². The molecule has 1 unspecified atom stereocenters. The first kappa shape index (κ1) is 9.83. The molecule has 1 saturated heterocycles. The van der Waals surface area contributed by atoms with Crippen LogP contribution in [-0.4, -0.2) is 16.9 Å². The monoisotopic (exact) mass is 231 g/mol. The molecule has 1 aliphatic heterocycles. The molecular formula is C11H9N3O3. The minimum atomic E-state index is -0.768. The highest BCUT2D eigenvalue weighted by Gasteiger charge is 2.33. The molecule has 0 bridgehead atoms. The fourth-order valence-corrected chi connectivity index (χ4v) is 1.84. The largest absolute Gasteiger partial charge is 0.456 e. The van der Waals surface area contributed by atoms with Gasteiger partial charge in [-0.15, -0.1) is 0 Å². The van der Waals surface area contributed by atoms with E-state index >= 15 is 0 Å². The van der Waals surface area contributed by atoms with Crippen LogP contribution in [0.1, 0.15) is 17.4 Å². The number of hydrogen-bond donors (Lipinski definition) is 2. The van der Waals surface area contributed by atoms with Gasteiger partial charge in [-0.05, 0) is 18.6 Å². The maximum atomic E-state index is 11.5. The Kier molecular flexibility index (Phi) is 1.91. The summed E-state index contributed by atoms with van der Waals surface area (Å²) in [5.74, 6) is -0.0168. The van der Waals surface area contributed by atoms with Crippen molar-refractivity contribution in [2.75, 3.05) is 0 Å². The summed E-state index contributed by atoms with van der Waals surface area (Å²) in [7, 11) is 0. The number of nitrogens with zero attached hydrogens (tertiary/aromatic N) is 1. The number of pyridine rings is 1. The van der Waals surface area contributed by atoms with Crippen LogP contribution in [0.5, 0.6) is 0 Å². The van der Waals surface area contributed by atoms with Crippen molar-refractivity contribution in [2.45, 2.75) is 13.0 Å². The van der Waals surface area contributed by atoms with Gasteiger partial charge in [0.2, 0.25) is 0 Å². The van der Waals surface area contributed by atoms with Crippen molar-refractivity contribution in [1.82, 2.24) is 15.6 Å². The van der Waals surface area contributed by atoms with Crippen molar-refractivity contribution in [3.63, 3.8) is 0 Å². The van der Waals surface area contributed by atoms with Crippen molar-refractivity contribution < 1.29 is 14.0 Å². The highest BCUT2D eigenvalue weighted by Crippen LogP contribution is 2.26. The highest BCUT2D eigenvalue weighted by molar-refractivity contribution is 6.04. The fraction of sp³-hybridized carbons (Fsp3) is 0.182. The van der Waals surface area contributed by atoms with Crippen LogP contribution in [0.2, 0.25) is 0 Å². The SMILES string of the molecule is Cc1ccnc2cc(C3NC(=O)NC3=O)oc12. The minimum Gasteiger partial charge on any atom is -0.456 e. The van der Waals surface area contributed by atoms with Crippen LogP contribution in [0.15, 0.2) is 22.7 Å². The summed E-state index contributed by atoms with van der Waals surface area (Å²) in [5.41, 5.74) is 2.25. The Morgan fingerprint density at radius 1 is 1.41 bits per heavy atom. The van der Waals surface area contributed by atoms with Crippen molar-refractivity contribution >= 4 is 23.0 Å². The van der Waals surface area contributed by atoms with E-state index in [0.717, 1.165) is 5.56 Å². The summed E-state index contributed by atoms with van der Waals surface area (Å²) >= 11 is 0. The second-order valence-corrected chi connectivity index (χ2v) is 3.89. The van der Waals surface area contributed by atoms with E-state index in [2.05, 4.69) is 15.6 Å². The number of aryl methyl sites for hydroxylation is 1. The van der Waals surface area contributed by atoms with E-state index in [9.17, 15) is 9.59 Å². The second-order valence-electron chi connectivity index (χ2n) is 3.89. The van der Waals surface area contributed by atoms with E-state index in [1.165, 1.54) is 0 Å². The molecule has 0 saturated carbocycles. The lowest BCUT2D eigenvalue weighted by Gasteiger charge is -2.01. The lowest BCUT2D eigenvalue weighted by atomic mass is 10.2. The third-order valence-corrected chi connectivity index (χ3v) is 2.69. The van der Waals surface area contributed by atoms with Gasteiger partial charge in [0, 0.05) is 12.3 Å². The van der Waals surface area contributed by atoms with Crippen LogP contribution in [0.3, 0.4) is 0 Å². The van der Waals surface area contributed by atoms with Crippen molar-refractivity contribution in [3.05, 3.63) is 29.7 Å². The summed E-state index contributed by atoms with van der Waals surface area (Å²) in [4.78, 5) is 26.6. The first-order valence-corrected chi connectivity index (χ1v) is 5.11. The molecule has 1 aliphatic rings. The van der Waals surface area contributed by atoms with E-state index in [1.807, 2.05) is 13.0 Å². The molecule has 3 heterocycles. The molecule has 0 aliphatic carbocycles. The molecule has 86 valence electrons. The molecule has 3 amide bonds. The number of nitrogens with one attached hydrogen (secondary N) is 2. The van der Waals surface area contributed by atoms with Gasteiger partial charge in [0.25, 0.3) is 5.91 Å². The zero-order valence-corrected chi connectivity index (χ0v) is 8.98. The maximum Gasteiger partial charge on any atom is 0.322 e. The summed E-state index contributed by atoms with van der Waals surface area (Å²) in [5, 5.41) is 4.63. The lowest BCUT2D eigenvalue weighted by molar-refractivity contribution is -0.120. The molecule has 17 heavy (non-hydrogen) atoms. The highest BCUT2D eigenvalue weighted by atomic mass is 16.3. The first-order chi connectivity index (χ1) is 8.15. The number of rotatable bonds is 1. The molecule has 3 rings (SSSR count). The Morgan fingerprint density at radius 3 is 2.88 bits per heavy atom. The smallest absolute Gasteiger partial charge is 0.322 e. The van der Waals surface area contributed by atoms with Crippen LogP contribution in [0.25, 0.3) is 11.1 Å². The fourth-order valence-electron chi connectivity index (χ4n) is 1.84. The van der Waals surface area contributed by atoms with Crippen LogP contribution in [-0.2, 0) is 4.79 Å². The Bertz CT molecular complexity index is 632. The molecule has 2 aromatic rings. The standard InChI is InChI=1S/C11H9N3O3/c1-5-2-3-12-6-4-7(17-9(5)6)8-10(15)14-11(16)13-8/h2-4,8H,1H3,(H2,13,14,15,16). The summed E-state index contributed by atoms with van der Waals surface area (Å²) in [6.07, 6.45) is 1.67. The Morgan fingerprint density at radius 2 is 2.24 bits per heavy atom. The lowest BCUT2D eigenvalue weighted by Crippen LogP contribution is -2.22. The number of urea groups is 1. The zero-order chi connectivity index (χ0) is 12.0. The first-order valence-electron chi connectivity index (χ1n) is 5.11. The molecule has 6 nitrogen and oxygen atoms in total. The number of aromatic nitrogens is 1. The van der Waals surface area contributed by atoms with Crippen molar-refractivity contribution in [2.24, 2.45) is 0 Å². The molecule has 0 aromatic carbocycles. The van der Waals surface area contributed by atoms with Gasteiger partial charge in [-0.2, -0.15) is 0 Å². The van der Waals surface area contributed by atoms with Gasteiger partial charge in [0.05, 0.1) is 0 Å². The second kappa shape index (κ2) is 3.31. The molecular weight excluding hydrogens is 222 g/mol. The van der Waals surface area contributed by atoms with Crippen molar-refractivity contribution in [3.8, 4) is 0 Å². The van der Waals surface area contributed by atoms with Gasteiger partial charge >= 0.3 is 6.03 Å². The Labute approximate surface area is 96.0 Å². The normalized spacial score (nSPS) is 19.5. The predicted molar refractivity (Wildman–Crippen MR) is 58.2 cm³/mol. The van der Waals surface area contributed by atoms with Gasteiger partial charge in [-0.25, -0.2) is 4.79 Å². The zero-order valence-electron chi connectivity index (χ0n) is 8.98. The van der Waals surface area contributed by atoms with Gasteiger partial charge in [-0.1, -0.05) is 0 Å². The van der Waals surface area contributed by atoms with Gasteiger partial charge in [0.1, 0.15) is 11.3 Å². The third kappa shape index (κ3) is 1.45. The maximum absolute atomic E-state index is 11.5. The molecule has 0 spiro atoms. The summed E-state index contributed by atoms with van der Waals surface area (Å²) in [6.45, 7) is 1.89. The van der Waals surface area contributed by atoms with Crippen LogP contribution in [0, 0.1) is 6.92 Å². The number of imide groups is 1. The Balaban J connectivity index is 2.10. The quantitative estimate of drug-likeness (QED) is 0.717. The molecule has 1 fully saturated rings. The number of carbonyl (C=O) groups is 2.